The lowest BCUT2D eigenvalue weighted by molar-refractivity contribution is -0.144. The number of benzene rings is 2. The van der Waals surface area contributed by atoms with Gasteiger partial charge in [-0.2, -0.15) is 0 Å². The molecule has 0 bridgehead atoms. The summed E-state index contributed by atoms with van der Waals surface area (Å²) in [6.07, 6.45) is -1.35. The van der Waals surface area contributed by atoms with Gasteiger partial charge in [-0.1, -0.05) is 22.9 Å². The number of halogens is 1. The molecule has 1 amide bonds. The van der Waals surface area contributed by atoms with E-state index in [1.54, 1.807) is 6.92 Å². The van der Waals surface area contributed by atoms with Crippen molar-refractivity contribution >= 4 is 11.9 Å². The van der Waals surface area contributed by atoms with Crippen LogP contribution in [0.5, 0.6) is 5.75 Å². The van der Waals surface area contributed by atoms with E-state index in [0.29, 0.717) is 5.69 Å². The number of carbonyl (C=O) groups excluding carboxylic acids is 1. The predicted molar refractivity (Wildman–Crippen MR) is 102 cm³/mol. The molecule has 1 atom stereocenters. The van der Waals surface area contributed by atoms with Gasteiger partial charge in [-0.15, -0.1) is 5.10 Å². The average Bonchev–Trinajstić information content (AvgIpc) is 3.08. The van der Waals surface area contributed by atoms with E-state index in [1.807, 2.05) is 31.2 Å². The molecule has 150 valence electrons. The van der Waals surface area contributed by atoms with Gasteiger partial charge in [-0.05, 0) is 50.2 Å². The normalized spacial score (nSPS) is 11.7. The second-order valence-corrected chi connectivity index (χ2v) is 6.38. The predicted octanol–water partition coefficient (Wildman–Crippen LogP) is 2.29. The average molecular weight is 398 g/mol. The first kappa shape index (κ1) is 20.0. The first-order valence-electron chi connectivity index (χ1n) is 8.77. The molecule has 3 aromatic rings. The minimum absolute atomic E-state index is 0.0801. The number of hydrogen-bond donors (Lipinski definition) is 2. The number of aryl methyl sites for hydroxylation is 1. The van der Waals surface area contributed by atoms with Gasteiger partial charge in [0, 0.05) is 0 Å². The van der Waals surface area contributed by atoms with Crippen molar-refractivity contribution in [2.45, 2.75) is 20.0 Å². The summed E-state index contributed by atoms with van der Waals surface area (Å²) >= 11 is 0. The van der Waals surface area contributed by atoms with Crippen LogP contribution < -0.4 is 10.1 Å². The Morgan fingerprint density at radius 3 is 2.41 bits per heavy atom. The summed E-state index contributed by atoms with van der Waals surface area (Å²) in [4.78, 5) is 23.9. The molecular weight excluding hydrogens is 379 g/mol. The van der Waals surface area contributed by atoms with Gasteiger partial charge in [0.15, 0.2) is 5.69 Å². The van der Waals surface area contributed by atoms with E-state index in [-0.39, 0.29) is 18.0 Å². The maximum absolute atomic E-state index is 13.0. The van der Waals surface area contributed by atoms with Crippen LogP contribution in [0.2, 0.25) is 0 Å². The third kappa shape index (κ3) is 4.75. The molecule has 1 aromatic heterocycles. The fourth-order valence-electron chi connectivity index (χ4n) is 2.60. The molecule has 9 heteroatoms. The van der Waals surface area contributed by atoms with E-state index in [2.05, 4.69) is 15.6 Å². The molecule has 0 spiro atoms. The highest BCUT2D eigenvalue weighted by Gasteiger charge is 2.23. The zero-order valence-corrected chi connectivity index (χ0v) is 15.8. The van der Waals surface area contributed by atoms with Crippen LogP contribution in [-0.4, -0.2) is 44.6 Å². The van der Waals surface area contributed by atoms with Gasteiger partial charge in [0.2, 0.25) is 6.10 Å². The van der Waals surface area contributed by atoms with Crippen LogP contribution in [0.15, 0.2) is 48.5 Å². The Balaban J connectivity index is 1.68. The summed E-state index contributed by atoms with van der Waals surface area (Å²) in [5, 5.41) is 19.7. The number of ether oxygens (including phenoxy) is 1. The van der Waals surface area contributed by atoms with Crippen LogP contribution in [-0.2, 0) is 4.79 Å². The van der Waals surface area contributed by atoms with Crippen molar-refractivity contribution in [1.29, 1.82) is 0 Å². The van der Waals surface area contributed by atoms with Gasteiger partial charge >= 0.3 is 5.97 Å². The quantitative estimate of drug-likeness (QED) is 0.633. The number of carboxylic acids is 1. The topological polar surface area (TPSA) is 106 Å². The minimum atomic E-state index is -1.35. The van der Waals surface area contributed by atoms with Gasteiger partial charge < -0.3 is 15.2 Å². The van der Waals surface area contributed by atoms with Crippen molar-refractivity contribution in [3.05, 3.63) is 71.3 Å². The molecule has 0 aliphatic heterocycles. The third-order valence-electron chi connectivity index (χ3n) is 4.20. The highest BCUT2D eigenvalue weighted by atomic mass is 19.1. The second-order valence-electron chi connectivity index (χ2n) is 6.38. The maximum atomic E-state index is 13.0. The van der Waals surface area contributed by atoms with Crippen LogP contribution in [0.1, 0.15) is 21.7 Å². The first-order valence-corrected chi connectivity index (χ1v) is 8.77. The molecule has 0 saturated heterocycles. The van der Waals surface area contributed by atoms with Gasteiger partial charge in [-0.3, -0.25) is 4.79 Å². The van der Waals surface area contributed by atoms with Crippen LogP contribution in [0.25, 0.3) is 5.69 Å². The second kappa shape index (κ2) is 8.51. The summed E-state index contributed by atoms with van der Waals surface area (Å²) in [6.45, 7) is 3.35. The van der Waals surface area contributed by atoms with Crippen molar-refractivity contribution in [3.8, 4) is 11.4 Å². The van der Waals surface area contributed by atoms with E-state index in [1.165, 1.54) is 16.8 Å². The van der Waals surface area contributed by atoms with Crippen LogP contribution in [0, 0.1) is 19.7 Å². The lowest BCUT2D eigenvalue weighted by Crippen LogP contribution is -2.40. The van der Waals surface area contributed by atoms with Crippen molar-refractivity contribution in [1.82, 2.24) is 20.3 Å². The van der Waals surface area contributed by atoms with Crippen molar-refractivity contribution in [3.63, 3.8) is 0 Å². The zero-order chi connectivity index (χ0) is 21.0. The largest absolute Gasteiger partial charge is 0.478 e. The molecule has 29 heavy (non-hydrogen) atoms. The molecule has 2 aromatic carbocycles. The summed E-state index contributed by atoms with van der Waals surface area (Å²) in [5.41, 5.74) is 2.43. The third-order valence-corrected chi connectivity index (χ3v) is 4.20. The van der Waals surface area contributed by atoms with E-state index in [0.717, 1.165) is 23.4 Å². The summed E-state index contributed by atoms with van der Waals surface area (Å²) in [6, 6.07) is 12.5. The van der Waals surface area contributed by atoms with Crippen LogP contribution >= 0.6 is 0 Å². The molecule has 0 fully saturated rings. The van der Waals surface area contributed by atoms with E-state index in [4.69, 9.17) is 4.74 Å². The Bertz CT molecular complexity index is 1020. The molecule has 2 N–H and O–H groups in total. The number of nitrogens with one attached hydrogen (secondary N) is 1. The number of amides is 1. The molecule has 0 aliphatic rings. The Morgan fingerprint density at radius 1 is 1.14 bits per heavy atom. The Hall–Kier alpha value is -3.75. The smallest absolute Gasteiger partial charge is 0.346 e. The van der Waals surface area contributed by atoms with Gasteiger partial charge in [-0.25, -0.2) is 13.9 Å². The number of nitrogens with zero attached hydrogens (tertiary/aromatic N) is 3. The van der Waals surface area contributed by atoms with Crippen LogP contribution in [0.4, 0.5) is 4.39 Å². The monoisotopic (exact) mass is 398 g/mol. The number of aromatic nitrogens is 3. The zero-order valence-electron chi connectivity index (χ0n) is 15.8. The highest BCUT2D eigenvalue weighted by molar-refractivity contribution is 5.93. The summed E-state index contributed by atoms with van der Waals surface area (Å²) in [7, 11) is 0. The Morgan fingerprint density at radius 2 is 1.79 bits per heavy atom. The van der Waals surface area contributed by atoms with Gasteiger partial charge in [0.1, 0.15) is 11.6 Å². The molecular formula is C20H19FN4O4. The summed E-state index contributed by atoms with van der Waals surface area (Å²) in [5.74, 6) is -2.14. The van der Waals surface area contributed by atoms with E-state index < -0.39 is 23.8 Å². The van der Waals surface area contributed by atoms with Gasteiger partial charge in [0.05, 0.1) is 17.9 Å². The van der Waals surface area contributed by atoms with Gasteiger partial charge in [0.25, 0.3) is 5.91 Å². The highest BCUT2D eigenvalue weighted by Crippen LogP contribution is 2.14. The fraction of sp³-hybridized carbons (Fsp3) is 0.200. The summed E-state index contributed by atoms with van der Waals surface area (Å²) < 4.78 is 19.8. The Kier molecular flexibility index (Phi) is 5.87. The fourth-order valence-corrected chi connectivity index (χ4v) is 2.60. The Labute approximate surface area is 165 Å². The number of rotatable bonds is 7. The lowest BCUT2D eigenvalue weighted by Gasteiger charge is -2.15. The maximum Gasteiger partial charge on any atom is 0.346 e. The molecule has 1 heterocycles. The van der Waals surface area contributed by atoms with Crippen molar-refractivity contribution in [2.24, 2.45) is 0 Å². The number of carboxylic acid groups (broad SMARTS) is 1. The number of aliphatic carboxylic acids is 1. The number of carbonyl (C=O) groups is 2. The molecule has 0 radical (unpaired) electrons. The standard InChI is InChI=1S/C20H19FN4O4/c1-12-3-7-15(8-4-12)25-13(2)18(23-24-25)19(26)22-11-17(20(27)28)29-16-9-5-14(21)6-10-16/h3-10,17H,11H2,1-2H3,(H,22,26)(H,27,28)/t17-/m0/s1. The molecule has 8 nitrogen and oxygen atoms in total. The molecule has 3 rings (SSSR count). The lowest BCUT2D eigenvalue weighted by atomic mass is 10.2. The molecule has 0 saturated carbocycles. The first-order chi connectivity index (χ1) is 13.8. The SMILES string of the molecule is Cc1ccc(-n2nnc(C(=O)NC[C@H](Oc3ccc(F)cc3)C(=O)O)c2C)cc1. The van der Waals surface area contributed by atoms with E-state index >= 15 is 0 Å². The van der Waals surface area contributed by atoms with Crippen molar-refractivity contribution < 1.29 is 23.8 Å². The van der Waals surface area contributed by atoms with Crippen molar-refractivity contribution in [2.75, 3.05) is 6.54 Å². The minimum Gasteiger partial charge on any atom is -0.478 e. The molecule has 0 aliphatic carbocycles. The van der Waals surface area contributed by atoms with Crippen LogP contribution in [0.3, 0.4) is 0 Å². The van der Waals surface area contributed by atoms with E-state index in [9.17, 15) is 19.1 Å². The molecule has 0 unspecified atom stereocenters. The number of hydrogen-bond acceptors (Lipinski definition) is 5.